The Morgan fingerprint density at radius 2 is 1.93 bits per heavy atom. The topological polar surface area (TPSA) is 48.8 Å². The summed E-state index contributed by atoms with van der Waals surface area (Å²) < 4.78 is 1.96. The number of hydrogen-bond donors (Lipinski definition) is 0. The number of piperidine rings is 1. The fourth-order valence-corrected chi connectivity index (χ4v) is 4.84. The van der Waals surface area contributed by atoms with E-state index in [-0.39, 0.29) is 11.5 Å². The number of hydrogen-bond acceptors (Lipinski definition) is 4. The Kier molecular flexibility index (Phi) is 5.45. The van der Waals surface area contributed by atoms with Crippen LogP contribution in [0.25, 0.3) is 0 Å². The summed E-state index contributed by atoms with van der Waals surface area (Å²) in [7, 11) is 0. The van der Waals surface area contributed by atoms with Crippen LogP contribution in [0.5, 0.6) is 0 Å². The van der Waals surface area contributed by atoms with Crippen molar-refractivity contribution in [1.82, 2.24) is 19.3 Å². The number of carbonyl (C=O) groups is 1. The summed E-state index contributed by atoms with van der Waals surface area (Å²) in [4.78, 5) is 31.3. The number of likely N-dealkylation sites (tertiary alicyclic amines) is 1. The van der Waals surface area contributed by atoms with E-state index in [1.807, 2.05) is 21.6 Å². The fourth-order valence-electron chi connectivity index (χ4n) is 4.84. The van der Waals surface area contributed by atoms with Crippen LogP contribution >= 0.6 is 0 Å². The van der Waals surface area contributed by atoms with E-state index in [4.69, 9.17) is 0 Å². The van der Waals surface area contributed by atoms with Gasteiger partial charge in [0.1, 0.15) is 0 Å². The number of piperazine rings is 1. The van der Waals surface area contributed by atoms with Gasteiger partial charge >= 0.3 is 0 Å². The number of amides is 1. The molecule has 3 aliphatic heterocycles. The van der Waals surface area contributed by atoms with Crippen LogP contribution in [0.15, 0.2) is 35.1 Å². The molecule has 0 aliphatic carbocycles. The highest BCUT2D eigenvalue weighted by molar-refractivity contribution is 5.87. The molecule has 0 unspecified atom stereocenters. The molecule has 2 saturated heterocycles. The number of likely N-dealkylation sites (N-methyl/N-ethyl adjacent to an activating group) is 1. The highest BCUT2D eigenvalue weighted by Crippen LogP contribution is 2.34. The van der Waals surface area contributed by atoms with Crippen molar-refractivity contribution in [2.24, 2.45) is 5.92 Å². The van der Waals surface area contributed by atoms with Crippen LogP contribution in [0.1, 0.15) is 25.0 Å². The van der Waals surface area contributed by atoms with Crippen molar-refractivity contribution in [2.45, 2.75) is 25.8 Å². The number of nitrogens with zero attached hydrogens (tertiary/aromatic N) is 4. The van der Waals surface area contributed by atoms with Gasteiger partial charge in [-0.25, -0.2) is 0 Å². The molecule has 0 aromatic carbocycles. The van der Waals surface area contributed by atoms with Gasteiger partial charge in [-0.15, -0.1) is 0 Å². The third kappa shape index (κ3) is 4.01. The van der Waals surface area contributed by atoms with Gasteiger partial charge in [0.15, 0.2) is 0 Å². The van der Waals surface area contributed by atoms with E-state index in [0.29, 0.717) is 11.8 Å². The Hall–Kier alpha value is -1.92. The molecule has 2 bridgehead atoms. The number of pyridine rings is 1. The van der Waals surface area contributed by atoms with E-state index in [2.05, 4.69) is 22.8 Å². The van der Waals surface area contributed by atoms with Crippen LogP contribution in [0, 0.1) is 5.92 Å². The van der Waals surface area contributed by atoms with Gasteiger partial charge in [0, 0.05) is 76.1 Å². The average molecular weight is 370 g/mol. The molecule has 0 spiro atoms. The summed E-state index contributed by atoms with van der Waals surface area (Å²) in [5, 5.41) is 0. The van der Waals surface area contributed by atoms with E-state index in [1.54, 1.807) is 12.1 Å². The third-order valence-corrected chi connectivity index (χ3v) is 6.31. The number of fused-ring (bicyclic) bond motifs is 4. The van der Waals surface area contributed by atoms with Gasteiger partial charge in [0.25, 0.3) is 5.56 Å². The van der Waals surface area contributed by atoms with Crippen LogP contribution in [0.4, 0.5) is 0 Å². The van der Waals surface area contributed by atoms with Crippen molar-refractivity contribution in [3.05, 3.63) is 46.4 Å². The van der Waals surface area contributed by atoms with Crippen LogP contribution < -0.4 is 5.56 Å². The molecule has 0 saturated carbocycles. The summed E-state index contributed by atoms with van der Waals surface area (Å²) in [6.45, 7) is 10.4. The molecule has 0 radical (unpaired) electrons. The lowest BCUT2D eigenvalue weighted by Crippen LogP contribution is -2.48. The van der Waals surface area contributed by atoms with Crippen molar-refractivity contribution in [2.75, 3.05) is 52.4 Å². The summed E-state index contributed by atoms with van der Waals surface area (Å²) in [5.74, 6) is 1.10. The molecular formula is C21H30N4O2. The Balaban J connectivity index is 1.32. The highest BCUT2D eigenvalue weighted by Gasteiger charge is 2.33. The van der Waals surface area contributed by atoms with Crippen molar-refractivity contribution in [3.8, 4) is 0 Å². The lowest BCUT2D eigenvalue weighted by molar-refractivity contribution is -0.127. The summed E-state index contributed by atoms with van der Waals surface area (Å²) in [6.07, 6.45) is 4.95. The molecular weight excluding hydrogens is 340 g/mol. The van der Waals surface area contributed by atoms with Gasteiger partial charge in [0.2, 0.25) is 5.91 Å². The second-order valence-electron chi connectivity index (χ2n) is 8.08. The smallest absolute Gasteiger partial charge is 0.250 e. The minimum absolute atomic E-state index is 0.129. The second-order valence-corrected chi connectivity index (χ2v) is 8.08. The summed E-state index contributed by atoms with van der Waals surface area (Å²) in [5.41, 5.74) is 1.31. The molecule has 2 atom stereocenters. The predicted octanol–water partition coefficient (Wildman–Crippen LogP) is 0.988. The Labute approximate surface area is 161 Å². The number of carbonyl (C=O) groups excluding carboxylic acids is 1. The van der Waals surface area contributed by atoms with Crippen LogP contribution in [0.2, 0.25) is 0 Å². The van der Waals surface area contributed by atoms with E-state index >= 15 is 0 Å². The molecule has 146 valence electrons. The molecule has 1 amide bonds. The minimum atomic E-state index is 0.129. The van der Waals surface area contributed by atoms with Crippen LogP contribution in [0.3, 0.4) is 0 Å². The molecule has 1 aromatic heterocycles. The largest absolute Gasteiger partial charge is 0.337 e. The molecule has 4 rings (SSSR count). The fraction of sp³-hybridized carbons (Fsp3) is 0.619. The quantitative estimate of drug-likeness (QED) is 0.742. The lowest BCUT2D eigenvalue weighted by atomic mass is 9.83. The van der Waals surface area contributed by atoms with Crippen molar-refractivity contribution in [3.63, 3.8) is 0 Å². The predicted molar refractivity (Wildman–Crippen MR) is 106 cm³/mol. The molecule has 6 nitrogen and oxygen atoms in total. The summed E-state index contributed by atoms with van der Waals surface area (Å²) in [6, 6.07) is 5.64. The molecule has 2 fully saturated rings. The lowest BCUT2D eigenvalue weighted by Gasteiger charge is -2.42. The van der Waals surface area contributed by atoms with Crippen molar-refractivity contribution in [1.29, 1.82) is 0 Å². The second kappa shape index (κ2) is 7.98. The maximum Gasteiger partial charge on any atom is 0.250 e. The van der Waals surface area contributed by atoms with Gasteiger partial charge < -0.3 is 14.4 Å². The molecule has 3 aliphatic rings. The third-order valence-electron chi connectivity index (χ3n) is 6.31. The maximum absolute atomic E-state index is 12.4. The Morgan fingerprint density at radius 1 is 1.11 bits per heavy atom. The van der Waals surface area contributed by atoms with E-state index < -0.39 is 0 Å². The van der Waals surface area contributed by atoms with Crippen LogP contribution in [-0.4, -0.2) is 77.5 Å². The zero-order valence-electron chi connectivity index (χ0n) is 16.2. The molecule has 4 heterocycles. The monoisotopic (exact) mass is 370 g/mol. The first-order valence-corrected chi connectivity index (χ1v) is 10.2. The molecule has 27 heavy (non-hydrogen) atoms. The highest BCUT2D eigenvalue weighted by atomic mass is 16.2. The van der Waals surface area contributed by atoms with E-state index in [9.17, 15) is 9.59 Å². The van der Waals surface area contributed by atoms with E-state index in [0.717, 1.165) is 58.9 Å². The first kappa shape index (κ1) is 18.4. The first-order chi connectivity index (χ1) is 13.1. The Bertz CT molecular complexity index is 764. The minimum Gasteiger partial charge on any atom is -0.337 e. The van der Waals surface area contributed by atoms with Crippen LogP contribution in [-0.2, 0) is 11.3 Å². The number of aromatic nitrogens is 1. The van der Waals surface area contributed by atoms with Crippen molar-refractivity contribution < 1.29 is 4.79 Å². The molecule has 6 heteroatoms. The standard InChI is InChI=1S/C21H30N4O2/c1-2-22-9-11-24(12-10-22)20(26)7-4-8-23-14-17-13-18(16-23)19-5-3-6-21(27)25(19)15-17/h3-7,17-18H,2,8-16H2,1H3/b7-4+/t17-,18+/m0/s1. The Morgan fingerprint density at radius 3 is 2.70 bits per heavy atom. The van der Waals surface area contributed by atoms with E-state index in [1.165, 1.54) is 12.1 Å². The zero-order chi connectivity index (χ0) is 18.8. The van der Waals surface area contributed by atoms with Gasteiger partial charge in [0.05, 0.1) is 0 Å². The normalized spacial score (nSPS) is 26.3. The average Bonchev–Trinajstić information content (AvgIpc) is 2.69. The van der Waals surface area contributed by atoms with Gasteiger partial charge in [-0.1, -0.05) is 19.1 Å². The molecule has 1 aromatic rings. The SMILES string of the molecule is CCN1CCN(C(=O)/C=C/CN2C[C@@H]3C[C@H](C2)c2cccc(=O)n2C3)CC1. The first-order valence-electron chi connectivity index (χ1n) is 10.2. The van der Waals surface area contributed by atoms with Gasteiger partial charge in [-0.2, -0.15) is 0 Å². The van der Waals surface area contributed by atoms with Crippen molar-refractivity contribution >= 4 is 5.91 Å². The summed E-state index contributed by atoms with van der Waals surface area (Å²) >= 11 is 0. The molecule has 0 N–H and O–H groups in total. The maximum atomic E-state index is 12.4. The number of rotatable bonds is 4. The van der Waals surface area contributed by atoms with Gasteiger partial charge in [-0.05, 0) is 24.9 Å². The van der Waals surface area contributed by atoms with Gasteiger partial charge in [-0.3, -0.25) is 14.5 Å². The zero-order valence-corrected chi connectivity index (χ0v) is 16.2.